The second-order valence-electron chi connectivity index (χ2n) is 5.29. The molecule has 1 N–H and O–H groups in total. The van der Waals surface area contributed by atoms with Gasteiger partial charge in [0.15, 0.2) is 5.13 Å². The molecule has 128 valence electrons. The van der Waals surface area contributed by atoms with Crippen LogP contribution in [0.1, 0.15) is 16.1 Å². The molecule has 1 aliphatic rings. The zero-order valence-corrected chi connectivity index (χ0v) is 14.7. The summed E-state index contributed by atoms with van der Waals surface area (Å²) in [6.07, 6.45) is 0. The van der Waals surface area contributed by atoms with E-state index < -0.39 is 10.0 Å². The number of aromatic nitrogens is 1. The van der Waals surface area contributed by atoms with Gasteiger partial charge in [0.25, 0.3) is 5.91 Å². The summed E-state index contributed by atoms with van der Waals surface area (Å²) in [6.45, 7) is 3.22. The van der Waals surface area contributed by atoms with Gasteiger partial charge in [-0.2, -0.15) is 4.31 Å². The van der Waals surface area contributed by atoms with Gasteiger partial charge in [-0.05, 0) is 25.1 Å². The summed E-state index contributed by atoms with van der Waals surface area (Å²) in [5, 5.41) is 4.99. The number of anilines is 1. The van der Waals surface area contributed by atoms with E-state index in [1.807, 2.05) is 12.3 Å². The van der Waals surface area contributed by atoms with Crippen molar-refractivity contribution in [3.8, 4) is 0 Å². The summed E-state index contributed by atoms with van der Waals surface area (Å²) in [6, 6.07) is 6.03. The lowest BCUT2D eigenvalue weighted by Crippen LogP contribution is -2.40. The zero-order chi connectivity index (χ0) is 17.2. The predicted octanol–water partition coefficient (Wildman–Crippen LogP) is 1.72. The van der Waals surface area contributed by atoms with Crippen LogP contribution in [0.3, 0.4) is 0 Å². The Bertz CT molecular complexity index is 842. The Morgan fingerprint density at radius 1 is 1.33 bits per heavy atom. The first-order valence-electron chi connectivity index (χ1n) is 7.38. The van der Waals surface area contributed by atoms with Gasteiger partial charge in [-0.25, -0.2) is 13.4 Å². The molecule has 24 heavy (non-hydrogen) atoms. The number of amides is 1. The standard InChI is InChI=1S/C15H17N3O4S2/c1-11-10-23-15(16-11)17-14(19)12-3-2-4-13(9-12)24(20,21)18-5-7-22-8-6-18/h2-4,9-10H,5-8H2,1H3,(H,16,17,19). The highest BCUT2D eigenvalue weighted by molar-refractivity contribution is 7.89. The number of nitrogens with zero attached hydrogens (tertiary/aromatic N) is 2. The van der Waals surface area contributed by atoms with Crippen molar-refractivity contribution in [1.82, 2.24) is 9.29 Å². The molecule has 2 aromatic rings. The van der Waals surface area contributed by atoms with Crippen LogP contribution in [0.2, 0.25) is 0 Å². The summed E-state index contributed by atoms with van der Waals surface area (Å²) in [5.41, 5.74) is 1.09. The van der Waals surface area contributed by atoms with E-state index in [1.54, 1.807) is 12.1 Å². The Morgan fingerprint density at radius 2 is 2.08 bits per heavy atom. The lowest BCUT2D eigenvalue weighted by atomic mass is 10.2. The summed E-state index contributed by atoms with van der Waals surface area (Å²) < 4.78 is 31.9. The lowest BCUT2D eigenvalue weighted by Gasteiger charge is -2.26. The fourth-order valence-electron chi connectivity index (χ4n) is 2.31. The van der Waals surface area contributed by atoms with Crippen LogP contribution in [0.15, 0.2) is 34.5 Å². The number of morpholine rings is 1. The lowest BCUT2D eigenvalue weighted by molar-refractivity contribution is 0.0730. The SMILES string of the molecule is Cc1csc(NC(=O)c2cccc(S(=O)(=O)N3CCOCC3)c2)n1. The summed E-state index contributed by atoms with van der Waals surface area (Å²) in [4.78, 5) is 16.6. The van der Waals surface area contributed by atoms with Crippen molar-refractivity contribution in [3.05, 3.63) is 40.9 Å². The number of ether oxygens (including phenoxy) is 1. The van der Waals surface area contributed by atoms with E-state index in [1.165, 1.54) is 27.8 Å². The van der Waals surface area contributed by atoms with Gasteiger partial charge in [0.1, 0.15) is 0 Å². The normalized spacial score (nSPS) is 16.0. The fourth-order valence-corrected chi connectivity index (χ4v) is 4.45. The van der Waals surface area contributed by atoms with E-state index in [-0.39, 0.29) is 16.4 Å². The molecule has 1 aliphatic heterocycles. The Kier molecular flexibility index (Phi) is 4.95. The Morgan fingerprint density at radius 3 is 2.75 bits per heavy atom. The second kappa shape index (κ2) is 6.98. The molecule has 0 spiro atoms. The molecule has 0 aliphatic carbocycles. The summed E-state index contributed by atoms with van der Waals surface area (Å²) >= 11 is 1.32. The number of benzene rings is 1. The molecule has 1 amide bonds. The number of sulfonamides is 1. The van der Waals surface area contributed by atoms with Crippen molar-refractivity contribution in [2.24, 2.45) is 0 Å². The van der Waals surface area contributed by atoms with Crippen LogP contribution in [0, 0.1) is 6.92 Å². The van der Waals surface area contributed by atoms with Crippen LogP contribution in [-0.2, 0) is 14.8 Å². The maximum absolute atomic E-state index is 12.7. The average molecular weight is 367 g/mol. The Balaban J connectivity index is 1.81. The maximum Gasteiger partial charge on any atom is 0.257 e. The van der Waals surface area contributed by atoms with Gasteiger partial charge >= 0.3 is 0 Å². The molecular weight excluding hydrogens is 350 g/mol. The van der Waals surface area contributed by atoms with E-state index in [4.69, 9.17) is 4.74 Å². The van der Waals surface area contributed by atoms with Crippen LogP contribution < -0.4 is 5.32 Å². The van der Waals surface area contributed by atoms with Crippen LogP contribution >= 0.6 is 11.3 Å². The van der Waals surface area contributed by atoms with Crippen molar-refractivity contribution < 1.29 is 17.9 Å². The first-order valence-corrected chi connectivity index (χ1v) is 9.70. The highest BCUT2D eigenvalue weighted by atomic mass is 32.2. The molecule has 1 saturated heterocycles. The fraction of sp³-hybridized carbons (Fsp3) is 0.333. The smallest absolute Gasteiger partial charge is 0.257 e. The molecule has 1 aromatic heterocycles. The molecule has 0 radical (unpaired) electrons. The predicted molar refractivity (Wildman–Crippen MR) is 90.8 cm³/mol. The van der Waals surface area contributed by atoms with E-state index >= 15 is 0 Å². The number of nitrogens with one attached hydrogen (secondary N) is 1. The van der Waals surface area contributed by atoms with Gasteiger partial charge in [-0.1, -0.05) is 6.07 Å². The molecule has 7 nitrogen and oxygen atoms in total. The number of rotatable bonds is 4. The minimum absolute atomic E-state index is 0.104. The van der Waals surface area contributed by atoms with Gasteiger partial charge < -0.3 is 4.74 Å². The van der Waals surface area contributed by atoms with Gasteiger partial charge in [0, 0.05) is 24.0 Å². The van der Waals surface area contributed by atoms with E-state index in [2.05, 4.69) is 10.3 Å². The quantitative estimate of drug-likeness (QED) is 0.889. The van der Waals surface area contributed by atoms with Crippen molar-refractivity contribution in [3.63, 3.8) is 0 Å². The molecule has 1 aromatic carbocycles. The zero-order valence-electron chi connectivity index (χ0n) is 13.1. The highest BCUT2D eigenvalue weighted by Gasteiger charge is 2.26. The van der Waals surface area contributed by atoms with Crippen LogP contribution in [0.4, 0.5) is 5.13 Å². The number of hydrogen-bond donors (Lipinski definition) is 1. The van der Waals surface area contributed by atoms with Gasteiger partial charge in [-0.3, -0.25) is 10.1 Å². The first-order chi connectivity index (χ1) is 11.5. The minimum atomic E-state index is -3.63. The molecule has 1 fully saturated rings. The second-order valence-corrected chi connectivity index (χ2v) is 8.09. The van der Waals surface area contributed by atoms with E-state index in [0.717, 1.165) is 5.69 Å². The molecule has 0 unspecified atom stereocenters. The largest absolute Gasteiger partial charge is 0.379 e. The number of thiazole rings is 1. The summed E-state index contributed by atoms with van der Waals surface area (Å²) in [7, 11) is -3.63. The number of aryl methyl sites for hydroxylation is 1. The third-order valence-corrected chi connectivity index (χ3v) is 6.31. The van der Waals surface area contributed by atoms with Crippen LogP contribution in [-0.4, -0.2) is 49.9 Å². The number of carbonyl (C=O) groups is 1. The van der Waals surface area contributed by atoms with Crippen molar-refractivity contribution in [2.75, 3.05) is 31.6 Å². The maximum atomic E-state index is 12.7. The molecule has 0 bridgehead atoms. The molecule has 0 atom stereocenters. The highest BCUT2D eigenvalue weighted by Crippen LogP contribution is 2.20. The average Bonchev–Trinajstić information content (AvgIpc) is 3.00. The van der Waals surface area contributed by atoms with Gasteiger partial charge in [0.2, 0.25) is 10.0 Å². The molecule has 0 saturated carbocycles. The van der Waals surface area contributed by atoms with Crippen molar-refractivity contribution in [1.29, 1.82) is 0 Å². The molecule has 3 rings (SSSR count). The Hall–Kier alpha value is -1.81. The van der Waals surface area contributed by atoms with Crippen molar-refractivity contribution >= 4 is 32.4 Å². The van der Waals surface area contributed by atoms with Crippen LogP contribution in [0.25, 0.3) is 0 Å². The molecule has 2 heterocycles. The Labute approximate surface area is 144 Å². The topological polar surface area (TPSA) is 88.6 Å². The van der Waals surface area contributed by atoms with Crippen LogP contribution in [0.5, 0.6) is 0 Å². The first kappa shape index (κ1) is 17.0. The minimum Gasteiger partial charge on any atom is -0.379 e. The van der Waals surface area contributed by atoms with E-state index in [9.17, 15) is 13.2 Å². The number of carbonyl (C=O) groups excluding carboxylic acids is 1. The molecule has 9 heteroatoms. The van der Waals surface area contributed by atoms with Crippen molar-refractivity contribution in [2.45, 2.75) is 11.8 Å². The number of hydrogen-bond acceptors (Lipinski definition) is 6. The van der Waals surface area contributed by atoms with E-state index in [0.29, 0.717) is 31.4 Å². The van der Waals surface area contributed by atoms with Gasteiger partial charge in [0.05, 0.1) is 23.8 Å². The van der Waals surface area contributed by atoms with Gasteiger partial charge in [-0.15, -0.1) is 11.3 Å². The third kappa shape index (κ3) is 3.64. The monoisotopic (exact) mass is 367 g/mol. The third-order valence-electron chi connectivity index (χ3n) is 3.54. The summed E-state index contributed by atoms with van der Waals surface area (Å²) in [5.74, 6) is -0.386. The molecular formula is C15H17N3O4S2.